The Morgan fingerprint density at radius 2 is 2.05 bits per heavy atom. The van der Waals surface area contributed by atoms with Crippen molar-refractivity contribution in [3.05, 3.63) is 29.8 Å². The summed E-state index contributed by atoms with van der Waals surface area (Å²) in [6.45, 7) is 9.11. The molecule has 1 aliphatic rings. The number of hydrogen-bond donors (Lipinski definition) is 1. The van der Waals surface area contributed by atoms with Gasteiger partial charge in [-0.2, -0.15) is 0 Å². The van der Waals surface area contributed by atoms with E-state index in [0.717, 1.165) is 25.3 Å². The molecule has 0 aromatic heterocycles. The van der Waals surface area contributed by atoms with Crippen molar-refractivity contribution >= 4 is 11.6 Å². The van der Waals surface area contributed by atoms with Gasteiger partial charge in [0, 0.05) is 25.2 Å². The summed E-state index contributed by atoms with van der Waals surface area (Å²) in [4.78, 5) is 14.4. The van der Waals surface area contributed by atoms with E-state index >= 15 is 0 Å². The highest BCUT2D eigenvalue weighted by Crippen LogP contribution is 2.28. The van der Waals surface area contributed by atoms with Crippen LogP contribution in [0.4, 0.5) is 5.69 Å². The first-order valence-electron chi connectivity index (χ1n) is 7.19. The number of nitrogens with one attached hydrogen (secondary N) is 1. The smallest absolute Gasteiger partial charge is 0.228 e. The normalized spacial score (nSPS) is 21.4. The van der Waals surface area contributed by atoms with Crippen LogP contribution < -0.4 is 10.2 Å². The molecule has 1 atom stereocenters. The number of nitrogens with zero attached hydrogens (tertiary/aromatic N) is 1. The molecule has 0 spiro atoms. The number of carbonyl (C=O) groups is 1. The van der Waals surface area contributed by atoms with Gasteiger partial charge >= 0.3 is 0 Å². The predicted octanol–water partition coefficient (Wildman–Crippen LogP) is 2.77. The lowest BCUT2D eigenvalue weighted by molar-refractivity contribution is -0.118. The van der Waals surface area contributed by atoms with E-state index in [0.29, 0.717) is 18.3 Å². The molecular weight excluding hydrogens is 236 g/mol. The molecule has 1 aliphatic heterocycles. The minimum Gasteiger partial charge on any atom is -0.316 e. The molecule has 1 aromatic rings. The lowest BCUT2D eigenvalue weighted by Gasteiger charge is -2.31. The summed E-state index contributed by atoms with van der Waals surface area (Å²) in [5.74, 6) is 1.14. The van der Waals surface area contributed by atoms with E-state index in [1.165, 1.54) is 5.56 Å². The Bertz CT molecular complexity index is 442. The number of para-hydroxylation sites is 1. The van der Waals surface area contributed by atoms with E-state index in [9.17, 15) is 4.79 Å². The number of hydrogen-bond acceptors (Lipinski definition) is 2. The Kier molecular flexibility index (Phi) is 4.59. The number of benzene rings is 1. The second-order valence-corrected chi connectivity index (χ2v) is 5.78. The van der Waals surface area contributed by atoms with Crippen LogP contribution in [-0.4, -0.2) is 25.5 Å². The fraction of sp³-hybridized carbons (Fsp3) is 0.562. The maximum absolute atomic E-state index is 12.4. The minimum absolute atomic E-state index is 0.229. The van der Waals surface area contributed by atoms with Gasteiger partial charge < -0.3 is 10.2 Å². The Morgan fingerprint density at radius 1 is 1.32 bits per heavy atom. The highest BCUT2D eigenvalue weighted by molar-refractivity contribution is 5.94. The SMILES string of the molecule is CC1CNCCC(=O)N(c2ccccc2C(C)C)C1. The van der Waals surface area contributed by atoms with Gasteiger partial charge in [-0.25, -0.2) is 0 Å². The minimum atomic E-state index is 0.229. The summed E-state index contributed by atoms with van der Waals surface area (Å²) in [6.07, 6.45) is 0.582. The maximum atomic E-state index is 12.4. The molecular formula is C16H24N2O. The van der Waals surface area contributed by atoms with Crippen molar-refractivity contribution in [2.24, 2.45) is 5.92 Å². The third kappa shape index (κ3) is 3.35. The van der Waals surface area contributed by atoms with Gasteiger partial charge in [-0.1, -0.05) is 39.0 Å². The lowest BCUT2D eigenvalue weighted by atomic mass is 9.99. The molecule has 3 heteroatoms. The fourth-order valence-electron chi connectivity index (χ4n) is 2.61. The van der Waals surface area contributed by atoms with E-state index in [1.807, 2.05) is 11.0 Å². The van der Waals surface area contributed by atoms with Gasteiger partial charge in [0.25, 0.3) is 0 Å². The molecule has 2 rings (SSSR count). The standard InChI is InChI=1S/C16H24N2O/c1-12(2)14-6-4-5-7-15(14)18-11-13(3)10-17-9-8-16(18)19/h4-7,12-13,17H,8-11H2,1-3H3. The number of rotatable bonds is 2. The summed E-state index contributed by atoms with van der Waals surface area (Å²) >= 11 is 0. The van der Waals surface area contributed by atoms with Crippen molar-refractivity contribution in [3.8, 4) is 0 Å². The van der Waals surface area contributed by atoms with E-state index in [2.05, 4.69) is 44.3 Å². The van der Waals surface area contributed by atoms with Crippen molar-refractivity contribution in [1.29, 1.82) is 0 Å². The van der Waals surface area contributed by atoms with Crippen LogP contribution in [-0.2, 0) is 4.79 Å². The summed E-state index contributed by atoms with van der Waals surface area (Å²) in [6, 6.07) is 8.29. The van der Waals surface area contributed by atoms with Gasteiger partial charge in [0.05, 0.1) is 0 Å². The third-order valence-electron chi connectivity index (χ3n) is 3.65. The second kappa shape index (κ2) is 6.20. The first-order chi connectivity index (χ1) is 9.09. The first kappa shape index (κ1) is 14.1. The summed E-state index contributed by atoms with van der Waals surface area (Å²) in [5.41, 5.74) is 2.35. The Morgan fingerprint density at radius 3 is 2.79 bits per heavy atom. The monoisotopic (exact) mass is 260 g/mol. The molecule has 1 N–H and O–H groups in total. The van der Waals surface area contributed by atoms with Crippen molar-refractivity contribution in [3.63, 3.8) is 0 Å². The van der Waals surface area contributed by atoms with Gasteiger partial charge in [-0.05, 0) is 30.0 Å². The molecule has 1 heterocycles. The van der Waals surface area contributed by atoms with E-state index in [1.54, 1.807) is 0 Å². The molecule has 1 unspecified atom stereocenters. The third-order valence-corrected chi connectivity index (χ3v) is 3.65. The van der Waals surface area contributed by atoms with Crippen molar-refractivity contribution in [2.45, 2.75) is 33.1 Å². The predicted molar refractivity (Wildman–Crippen MR) is 79.5 cm³/mol. The summed E-state index contributed by atoms with van der Waals surface area (Å²) in [7, 11) is 0. The Labute approximate surface area is 116 Å². The Balaban J connectivity index is 2.33. The fourth-order valence-corrected chi connectivity index (χ4v) is 2.61. The zero-order chi connectivity index (χ0) is 13.8. The van der Waals surface area contributed by atoms with Crippen LogP contribution in [0, 0.1) is 5.92 Å². The van der Waals surface area contributed by atoms with E-state index in [-0.39, 0.29) is 5.91 Å². The molecule has 19 heavy (non-hydrogen) atoms. The lowest BCUT2D eigenvalue weighted by Crippen LogP contribution is -2.42. The highest BCUT2D eigenvalue weighted by atomic mass is 16.2. The molecule has 0 bridgehead atoms. The topological polar surface area (TPSA) is 32.3 Å². The number of amides is 1. The summed E-state index contributed by atoms with van der Waals surface area (Å²) in [5, 5.41) is 3.33. The molecule has 1 saturated heterocycles. The van der Waals surface area contributed by atoms with Gasteiger partial charge in [0.2, 0.25) is 5.91 Å². The highest BCUT2D eigenvalue weighted by Gasteiger charge is 2.23. The van der Waals surface area contributed by atoms with Crippen LogP contribution in [0.5, 0.6) is 0 Å². The molecule has 0 radical (unpaired) electrons. The zero-order valence-corrected chi connectivity index (χ0v) is 12.1. The van der Waals surface area contributed by atoms with Crippen LogP contribution in [0.1, 0.15) is 38.7 Å². The van der Waals surface area contributed by atoms with E-state index < -0.39 is 0 Å². The van der Waals surface area contributed by atoms with Crippen LogP contribution >= 0.6 is 0 Å². The zero-order valence-electron chi connectivity index (χ0n) is 12.1. The maximum Gasteiger partial charge on any atom is 0.228 e. The van der Waals surface area contributed by atoms with Crippen LogP contribution in [0.2, 0.25) is 0 Å². The average molecular weight is 260 g/mol. The molecule has 1 amide bonds. The second-order valence-electron chi connectivity index (χ2n) is 5.78. The Hall–Kier alpha value is -1.35. The summed E-state index contributed by atoms with van der Waals surface area (Å²) < 4.78 is 0. The number of carbonyl (C=O) groups excluding carboxylic acids is 1. The molecule has 104 valence electrons. The molecule has 0 saturated carbocycles. The van der Waals surface area contributed by atoms with Crippen molar-refractivity contribution in [1.82, 2.24) is 5.32 Å². The van der Waals surface area contributed by atoms with Gasteiger partial charge in [0.1, 0.15) is 0 Å². The van der Waals surface area contributed by atoms with E-state index in [4.69, 9.17) is 0 Å². The largest absolute Gasteiger partial charge is 0.316 e. The van der Waals surface area contributed by atoms with Gasteiger partial charge in [0.15, 0.2) is 0 Å². The van der Waals surface area contributed by atoms with Crippen LogP contribution in [0.25, 0.3) is 0 Å². The van der Waals surface area contributed by atoms with Crippen molar-refractivity contribution in [2.75, 3.05) is 24.5 Å². The molecule has 0 aliphatic carbocycles. The molecule has 1 fully saturated rings. The van der Waals surface area contributed by atoms with Crippen LogP contribution in [0.3, 0.4) is 0 Å². The van der Waals surface area contributed by atoms with Gasteiger partial charge in [-0.3, -0.25) is 4.79 Å². The quantitative estimate of drug-likeness (QED) is 0.887. The van der Waals surface area contributed by atoms with Crippen LogP contribution in [0.15, 0.2) is 24.3 Å². The molecule has 3 nitrogen and oxygen atoms in total. The number of anilines is 1. The molecule has 1 aromatic carbocycles. The average Bonchev–Trinajstić information content (AvgIpc) is 2.39. The first-order valence-corrected chi connectivity index (χ1v) is 7.19. The van der Waals surface area contributed by atoms with Crippen molar-refractivity contribution < 1.29 is 4.79 Å². The van der Waals surface area contributed by atoms with Gasteiger partial charge in [-0.15, -0.1) is 0 Å².